The zero-order chi connectivity index (χ0) is 19.9. The van der Waals surface area contributed by atoms with Crippen LogP contribution in [0.2, 0.25) is 0 Å². The summed E-state index contributed by atoms with van der Waals surface area (Å²) in [6.45, 7) is 5.35. The molecule has 0 bridgehead atoms. The first-order chi connectivity index (χ1) is 14.3. The largest absolute Gasteiger partial charge is 0.496 e. The molecule has 1 N–H and O–H groups in total. The van der Waals surface area contributed by atoms with E-state index in [0.717, 1.165) is 44.0 Å². The molecule has 0 unspecified atom stereocenters. The molecule has 7 heteroatoms. The molecule has 150 valence electrons. The third-order valence-electron chi connectivity index (χ3n) is 5.10. The average molecular weight is 390 g/mol. The van der Waals surface area contributed by atoms with Crippen molar-refractivity contribution >= 4 is 11.8 Å². The van der Waals surface area contributed by atoms with Crippen LogP contribution in [0.5, 0.6) is 5.75 Å². The van der Waals surface area contributed by atoms with E-state index >= 15 is 0 Å². The molecule has 1 aliphatic heterocycles. The Labute approximate surface area is 171 Å². The van der Waals surface area contributed by atoms with Crippen molar-refractivity contribution in [1.29, 1.82) is 0 Å². The van der Waals surface area contributed by atoms with Gasteiger partial charge >= 0.3 is 0 Å². The molecule has 2 heterocycles. The smallest absolute Gasteiger partial charge is 0.247 e. The molecule has 0 atom stereocenters. The van der Waals surface area contributed by atoms with Crippen LogP contribution in [0.25, 0.3) is 0 Å². The molecule has 2 aromatic carbocycles. The van der Waals surface area contributed by atoms with E-state index < -0.39 is 0 Å². The number of hydrogen-bond acceptors (Lipinski definition) is 7. The Morgan fingerprint density at radius 1 is 0.966 bits per heavy atom. The van der Waals surface area contributed by atoms with Gasteiger partial charge in [-0.05, 0) is 11.6 Å². The van der Waals surface area contributed by atoms with Crippen molar-refractivity contribution in [1.82, 2.24) is 20.1 Å². The molecule has 0 saturated carbocycles. The van der Waals surface area contributed by atoms with Crippen LogP contribution in [0.1, 0.15) is 11.1 Å². The van der Waals surface area contributed by atoms with Gasteiger partial charge in [0.05, 0.1) is 13.3 Å². The van der Waals surface area contributed by atoms with Gasteiger partial charge < -0.3 is 15.0 Å². The first-order valence-electron chi connectivity index (χ1n) is 9.88. The van der Waals surface area contributed by atoms with Gasteiger partial charge in [0.15, 0.2) is 5.82 Å². The van der Waals surface area contributed by atoms with Crippen LogP contribution < -0.4 is 15.0 Å². The van der Waals surface area contributed by atoms with Crippen LogP contribution in [-0.4, -0.2) is 53.4 Å². The summed E-state index contributed by atoms with van der Waals surface area (Å²) >= 11 is 0. The number of para-hydroxylation sites is 1. The predicted octanol–water partition coefficient (Wildman–Crippen LogP) is 2.81. The van der Waals surface area contributed by atoms with E-state index in [-0.39, 0.29) is 0 Å². The molecule has 29 heavy (non-hydrogen) atoms. The highest BCUT2D eigenvalue weighted by Crippen LogP contribution is 2.19. The van der Waals surface area contributed by atoms with E-state index in [1.165, 1.54) is 5.56 Å². The third-order valence-corrected chi connectivity index (χ3v) is 5.10. The van der Waals surface area contributed by atoms with Gasteiger partial charge in [-0.2, -0.15) is 10.1 Å². The SMILES string of the molecule is COc1ccccc1CNc1cnnc(N2CCN(Cc3ccccc3)CC2)n1. The number of ether oxygens (including phenoxy) is 1. The van der Waals surface area contributed by atoms with Gasteiger partial charge in [0.25, 0.3) is 0 Å². The Morgan fingerprint density at radius 2 is 1.72 bits per heavy atom. The molecule has 1 fully saturated rings. The average Bonchev–Trinajstić information content (AvgIpc) is 2.79. The Balaban J connectivity index is 1.33. The number of benzene rings is 2. The van der Waals surface area contributed by atoms with E-state index in [2.05, 4.69) is 60.6 Å². The summed E-state index contributed by atoms with van der Waals surface area (Å²) in [5, 5.41) is 11.7. The fourth-order valence-electron chi connectivity index (χ4n) is 3.50. The second-order valence-electron chi connectivity index (χ2n) is 7.06. The van der Waals surface area contributed by atoms with Crippen LogP contribution in [0.15, 0.2) is 60.8 Å². The summed E-state index contributed by atoms with van der Waals surface area (Å²) in [5.74, 6) is 2.25. The maximum absolute atomic E-state index is 5.40. The summed E-state index contributed by atoms with van der Waals surface area (Å²) < 4.78 is 5.40. The van der Waals surface area contributed by atoms with Gasteiger partial charge in [0, 0.05) is 44.8 Å². The lowest BCUT2D eigenvalue weighted by molar-refractivity contribution is 0.248. The van der Waals surface area contributed by atoms with E-state index in [1.807, 2.05) is 24.3 Å². The maximum Gasteiger partial charge on any atom is 0.247 e. The number of piperazine rings is 1. The van der Waals surface area contributed by atoms with Gasteiger partial charge in [-0.3, -0.25) is 4.90 Å². The maximum atomic E-state index is 5.40. The Bertz CT molecular complexity index is 912. The van der Waals surface area contributed by atoms with Crippen molar-refractivity contribution in [3.8, 4) is 5.75 Å². The van der Waals surface area contributed by atoms with E-state index in [4.69, 9.17) is 4.74 Å². The molecule has 0 amide bonds. The number of hydrogen-bond donors (Lipinski definition) is 1. The Hall–Kier alpha value is -3.19. The molecule has 0 spiro atoms. The van der Waals surface area contributed by atoms with E-state index in [9.17, 15) is 0 Å². The van der Waals surface area contributed by atoms with Crippen LogP contribution in [0, 0.1) is 0 Å². The summed E-state index contributed by atoms with van der Waals surface area (Å²) in [5.41, 5.74) is 2.42. The topological polar surface area (TPSA) is 66.4 Å². The lowest BCUT2D eigenvalue weighted by Crippen LogP contribution is -2.46. The second-order valence-corrected chi connectivity index (χ2v) is 7.06. The van der Waals surface area contributed by atoms with Crippen LogP contribution in [0.3, 0.4) is 0 Å². The fraction of sp³-hybridized carbons (Fsp3) is 0.318. The molecule has 4 rings (SSSR count). The molecule has 0 radical (unpaired) electrons. The molecule has 3 aromatic rings. The second kappa shape index (κ2) is 9.34. The lowest BCUT2D eigenvalue weighted by Gasteiger charge is -2.34. The predicted molar refractivity (Wildman–Crippen MR) is 114 cm³/mol. The highest BCUT2D eigenvalue weighted by Gasteiger charge is 2.19. The number of rotatable bonds is 7. The minimum Gasteiger partial charge on any atom is -0.496 e. The zero-order valence-corrected chi connectivity index (χ0v) is 16.7. The normalized spacial score (nSPS) is 14.6. The van der Waals surface area contributed by atoms with Gasteiger partial charge in [-0.15, -0.1) is 5.10 Å². The molecule has 0 aliphatic carbocycles. The quantitative estimate of drug-likeness (QED) is 0.665. The summed E-state index contributed by atoms with van der Waals surface area (Å²) in [7, 11) is 1.68. The van der Waals surface area contributed by atoms with Crippen LogP contribution in [-0.2, 0) is 13.1 Å². The standard InChI is InChI=1S/C22H26N6O/c1-29-20-10-6-5-9-19(20)15-23-21-16-24-26-22(25-21)28-13-11-27(12-14-28)17-18-7-3-2-4-8-18/h2-10,16H,11-15,17H2,1H3,(H,23,25,26). The van der Waals surface area contributed by atoms with Crippen molar-refractivity contribution in [2.75, 3.05) is 43.5 Å². The molecule has 7 nitrogen and oxygen atoms in total. The summed E-state index contributed by atoms with van der Waals surface area (Å²) in [6.07, 6.45) is 1.66. The van der Waals surface area contributed by atoms with Crippen LogP contribution >= 0.6 is 0 Å². The van der Waals surface area contributed by atoms with E-state index in [1.54, 1.807) is 13.3 Å². The van der Waals surface area contributed by atoms with Crippen molar-refractivity contribution in [3.63, 3.8) is 0 Å². The van der Waals surface area contributed by atoms with Crippen molar-refractivity contribution < 1.29 is 4.74 Å². The highest BCUT2D eigenvalue weighted by atomic mass is 16.5. The van der Waals surface area contributed by atoms with Gasteiger partial charge in [-0.1, -0.05) is 48.5 Å². The number of aromatic nitrogens is 3. The highest BCUT2D eigenvalue weighted by molar-refractivity contribution is 5.42. The summed E-state index contributed by atoms with van der Waals surface area (Å²) in [4.78, 5) is 9.32. The van der Waals surface area contributed by atoms with E-state index in [0.29, 0.717) is 18.3 Å². The minimum absolute atomic E-state index is 0.618. The van der Waals surface area contributed by atoms with Crippen LogP contribution in [0.4, 0.5) is 11.8 Å². The van der Waals surface area contributed by atoms with Gasteiger partial charge in [0.1, 0.15) is 5.75 Å². The van der Waals surface area contributed by atoms with Gasteiger partial charge in [0.2, 0.25) is 5.95 Å². The van der Waals surface area contributed by atoms with Crippen molar-refractivity contribution in [3.05, 3.63) is 71.9 Å². The molecule has 1 aromatic heterocycles. The monoisotopic (exact) mass is 390 g/mol. The number of anilines is 2. The van der Waals surface area contributed by atoms with Gasteiger partial charge in [-0.25, -0.2) is 0 Å². The molecular weight excluding hydrogens is 364 g/mol. The molecular formula is C22H26N6O. The third kappa shape index (κ3) is 5.00. The number of nitrogens with one attached hydrogen (secondary N) is 1. The minimum atomic E-state index is 0.618. The number of nitrogens with zero attached hydrogens (tertiary/aromatic N) is 5. The Morgan fingerprint density at radius 3 is 2.52 bits per heavy atom. The fourth-order valence-corrected chi connectivity index (χ4v) is 3.50. The van der Waals surface area contributed by atoms with Crippen molar-refractivity contribution in [2.45, 2.75) is 13.1 Å². The summed E-state index contributed by atoms with van der Waals surface area (Å²) in [6, 6.07) is 18.5. The zero-order valence-electron chi connectivity index (χ0n) is 16.7. The first-order valence-corrected chi connectivity index (χ1v) is 9.88. The number of methoxy groups -OCH3 is 1. The first kappa shape index (κ1) is 19.1. The van der Waals surface area contributed by atoms with Crippen molar-refractivity contribution in [2.24, 2.45) is 0 Å². The molecule has 1 aliphatic rings. The molecule has 1 saturated heterocycles. The Kier molecular flexibility index (Phi) is 6.16. The lowest BCUT2D eigenvalue weighted by atomic mass is 10.2.